The topological polar surface area (TPSA) is 72.5 Å². The van der Waals surface area contributed by atoms with Crippen LogP contribution in [0.2, 0.25) is 0 Å². The van der Waals surface area contributed by atoms with Crippen LogP contribution in [0.5, 0.6) is 5.75 Å². The molecule has 1 aliphatic heterocycles. The maximum absolute atomic E-state index is 13.0. The van der Waals surface area contributed by atoms with E-state index in [1.165, 1.54) is 0 Å². The van der Waals surface area contributed by atoms with E-state index >= 15 is 0 Å². The van der Waals surface area contributed by atoms with Crippen molar-refractivity contribution in [3.8, 4) is 5.75 Å². The van der Waals surface area contributed by atoms with Crippen LogP contribution in [-0.2, 0) is 21.1 Å². The van der Waals surface area contributed by atoms with Gasteiger partial charge in [-0.15, -0.1) is 0 Å². The zero-order chi connectivity index (χ0) is 18.6. The molecule has 138 valence electrons. The molecule has 0 aliphatic carbocycles. The van der Waals surface area contributed by atoms with Gasteiger partial charge in [0.1, 0.15) is 5.75 Å². The number of sulfone groups is 1. The number of rotatable bonds is 6. The zero-order valence-electron chi connectivity index (χ0n) is 14.7. The Morgan fingerprint density at radius 2 is 1.96 bits per heavy atom. The van der Waals surface area contributed by atoms with Crippen LogP contribution in [0.3, 0.4) is 0 Å². The Morgan fingerprint density at radius 1 is 1.19 bits per heavy atom. The molecule has 1 N–H and O–H groups in total. The third-order valence-electron chi connectivity index (χ3n) is 4.67. The van der Waals surface area contributed by atoms with E-state index in [1.54, 1.807) is 7.11 Å². The summed E-state index contributed by atoms with van der Waals surface area (Å²) in [5.41, 5.74) is 1.90. The largest absolute Gasteiger partial charge is 0.497 e. The summed E-state index contributed by atoms with van der Waals surface area (Å²) >= 11 is 0. The fourth-order valence-corrected chi connectivity index (χ4v) is 4.95. The molecule has 0 radical (unpaired) electrons. The maximum atomic E-state index is 13.0. The normalized spacial score (nSPS) is 19.7. The van der Waals surface area contributed by atoms with Crippen LogP contribution in [0.1, 0.15) is 23.5 Å². The molecular formula is C20H23NO4S. The minimum Gasteiger partial charge on any atom is -0.497 e. The van der Waals surface area contributed by atoms with Gasteiger partial charge in [0.25, 0.3) is 0 Å². The van der Waals surface area contributed by atoms with Crippen molar-refractivity contribution >= 4 is 15.7 Å². The zero-order valence-corrected chi connectivity index (χ0v) is 15.5. The molecule has 0 spiro atoms. The second-order valence-corrected chi connectivity index (χ2v) is 8.86. The van der Waals surface area contributed by atoms with E-state index in [2.05, 4.69) is 5.32 Å². The summed E-state index contributed by atoms with van der Waals surface area (Å²) in [5.74, 6) is 0.298. The molecule has 1 aliphatic rings. The molecule has 0 bridgehead atoms. The number of hydrogen-bond donors (Lipinski definition) is 1. The molecule has 3 rings (SSSR count). The van der Waals surface area contributed by atoms with Crippen molar-refractivity contribution in [3.05, 3.63) is 65.7 Å². The number of ether oxygens (including phenoxy) is 1. The van der Waals surface area contributed by atoms with Crippen molar-refractivity contribution in [2.75, 3.05) is 18.6 Å². The summed E-state index contributed by atoms with van der Waals surface area (Å²) in [5, 5.41) is 2.93. The second-order valence-electron chi connectivity index (χ2n) is 6.63. The highest BCUT2D eigenvalue weighted by Gasteiger charge is 2.31. The molecule has 0 aromatic heterocycles. The van der Waals surface area contributed by atoms with Gasteiger partial charge in [0.15, 0.2) is 9.84 Å². The lowest BCUT2D eigenvalue weighted by molar-refractivity contribution is -0.123. The number of benzene rings is 2. The van der Waals surface area contributed by atoms with Crippen molar-refractivity contribution < 1.29 is 17.9 Å². The third kappa shape index (κ3) is 4.64. The van der Waals surface area contributed by atoms with Gasteiger partial charge in [0.2, 0.25) is 5.91 Å². The molecule has 2 atom stereocenters. The van der Waals surface area contributed by atoms with Gasteiger partial charge in [-0.05, 0) is 36.1 Å². The minimum atomic E-state index is -3.04. The Kier molecular flexibility index (Phi) is 5.61. The first-order valence-corrected chi connectivity index (χ1v) is 10.5. The number of amides is 1. The summed E-state index contributed by atoms with van der Waals surface area (Å²) in [4.78, 5) is 13.0. The van der Waals surface area contributed by atoms with Crippen LogP contribution < -0.4 is 10.1 Å². The summed E-state index contributed by atoms with van der Waals surface area (Å²) in [6, 6.07) is 17.0. The fourth-order valence-electron chi connectivity index (χ4n) is 3.28. The molecule has 2 aromatic carbocycles. The lowest BCUT2D eigenvalue weighted by atomic mass is 9.90. The highest BCUT2D eigenvalue weighted by Crippen LogP contribution is 2.25. The van der Waals surface area contributed by atoms with Gasteiger partial charge in [0, 0.05) is 6.04 Å². The summed E-state index contributed by atoms with van der Waals surface area (Å²) < 4.78 is 28.6. The molecule has 5 nitrogen and oxygen atoms in total. The SMILES string of the molecule is COc1cccc(C(Cc2ccccc2)C(=O)NC2CCS(=O)(=O)C2)c1. The quantitative estimate of drug-likeness (QED) is 0.843. The first-order valence-electron chi connectivity index (χ1n) is 8.65. The highest BCUT2D eigenvalue weighted by molar-refractivity contribution is 7.91. The van der Waals surface area contributed by atoms with Gasteiger partial charge < -0.3 is 10.1 Å². The molecule has 26 heavy (non-hydrogen) atoms. The van der Waals surface area contributed by atoms with E-state index in [4.69, 9.17) is 4.74 Å². The smallest absolute Gasteiger partial charge is 0.228 e. The average molecular weight is 373 g/mol. The van der Waals surface area contributed by atoms with Gasteiger partial charge in [-0.25, -0.2) is 8.42 Å². The van der Waals surface area contributed by atoms with Crippen molar-refractivity contribution in [2.24, 2.45) is 0 Å². The fraction of sp³-hybridized carbons (Fsp3) is 0.350. The van der Waals surface area contributed by atoms with Gasteiger partial charge in [-0.3, -0.25) is 4.79 Å². The van der Waals surface area contributed by atoms with Crippen LogP contribution in [0.4, 0.5) is 0 Å². The molecule has 2 unspecified atom stereocenters. The summed E-state index contributed by atoms with van der Waals surface area (Å²) in [6.45, 7) is 0. The van der Waals surface area contributed by atoms with Crippen molar-refractivity contribution in [1.82, 2.24) is 5.32 Å². The monoisotopic (exact) mass is 373 g/mol. The predicted molar refractivity (Wildman–Crippen MR) is 101 cm³/mol. The number of nitrogens with one attached hydrogen (secondary N) is 1. The molecule has 1 saturated heterocycles. The summed E-state index contributed by atoms with van der Waals surface area (Å²) in [7, 11) is -1.44. The van der Waals surface area contributed by atoms with E-state index in [0.29, 0.717) is 18.6 Å². The molecular weight excluding hydrogens is 350 g/mol. The number of hydrogen-bond acceptors (Lipinski definition) is 4. The third-order valence-corrected chi connectivity index (χ3v) is 6.44. The van der Waals surface area contributed by atoms with Crippen LogP contribution in [0.15, 0.2) is 54.6 Å². The molecule has 2 aromatic rings. The Morgan fingerprint density at radius 3 is 2.62 bits per heavy atom. The maximum Gasteiger partial charge on any atom is 0.228 e. The molecule has 1 fully saturated rings. The Hall–Kier alpha value is -2.34. The molecule has 1 amide bonds. The van der Waals surface area contributed by atoms with E-state index in [1.807, 2.05) is 54.6 Å². The number of methoxy groups -OCH3 is 1. The lowest BCUT2D eigenvalue weighted by Crippen LogP contribution is -2.39. The van der Waals surface area contributed by atoms with E-state index in [-0.39, 0.29) is 23.5 Å². The first-order chi connectivity index (χ1) is 12.5. The van der Waals surface area contributed by atoms with Crippen LogP contribution in [0.25, 0.3) is 0 Å². The molecule has 0 saturated carbocycles. The number of carbonyl (C=O) groups excluding carboxylic acids is 1. The molecule has 1 heterocycles. The minimum absolute atomic E-state index is 0.0227. The summed E-state index contributed by atoms with van der Waals surface area (Å²) in [6.07, 6.45) is 1.02. The average Bonchev–Trinajstić information content (AvgIpc) is 2.98. The van der Waals surface area contributed by atoms with Crippen LogP contribution >= 0.6 is 0 Å². The van der Waals surface area contributed by atoms with Gasteiger partial charge in [-0.1, -0.05) is 42.5 Å². The first kappa shape index (κ1) is 18.5. The second kappa shape index (κ2) is 7.91. The van der Waals surface area contributed by atoms with Gasteiger partial charge in [-0.2, -0.15) is 0 Å². The Balaban J connectivity index is 1.83. The van der Waals surface area contributed by atoms with Crippen LogP contribution in [-0.4, -0.2) is 39.0 Å². The van der Waals surface area contributed by atoms with Crippen molar-refractivity contribution in [3.63, 3.8) is 0 Å². The van der Waals surface area contributed by atoms with Crippen LogP contribution in [0, 0.1) is 0 Å². The Bertz CT molecular complexity index is 864. The van der Waals surface area contributed by atoms with E-state index in [9.17, 15) is 13.2 Å². The van der Waals surface area contributed by atoms with E-state index < -0.39 is 15.8 Å². The highest BCUT2D eigenvalue weighted by atomic mass is 32.2. The molecule has 6 heteroatoms. The van der Waals surface area contributed by atoms with Crippen molar-refractivity contribution in [1.29, 1.82) is 0 Å². The predicted octanol–water partition coefficient (Wildman–Crippen LogP) is 2.32. The number of carbonyl (C=O) groups is 1. The van der Waals surface area contributed by atoms with E-state index in [0.717, 1.165) is 11.1 Å². The van der Waals surface area contributed by atoms with Gasteiger partial charge >= 0.3 is 0 Å². The van der Waals surface area contributed by atoms with Gasteiger partial charge in [0.05, 0.1) is 24.5 Å². The lowest BCUT2D eigenvalue weighted by Gasteiger charge is -2.20. The Labute approximate surface area is 154 Å². The van der Waals surface area contributed by atoms with Crippen molar-refractivity contribution in [2.45, 2.75) is 24.8 Å². The standard InChI is InChI=1S/C20H23NO4S/c1-25-18-9-5-8-16(13-18)19(12-15-6-3-2-4-7-15)20(22)21-17-10-11-26(23,24)14-17/h2-9,13,17,19H,10-12,14H2,1H3,(H,21,22).